The Morgan fingerprint density at radius 2 is 1.59 bits per heavy atom. The van der Waals surface area contributed by atoms with E-state index in [0.29, 0.717) is 0 Å². The SMILES string of the molecule is CC(C)(C)OC(=O)[C@@](C)([Se]c1ccccc1)[C@@H](O)CO[Si](C)(C)C(C)(C)C. The van der Waals surface area contributed by atoms with E-state index in [1.807, 2.05) is 51.1 Å². The maximum atomic E-state index is 13.0. The van der Waals surface area contributed by atoms with Crippen LogP contribution in [0.4, 0.5) is 0 Å². The molecule has 6 heteroatoms. The van der Waals surface area contributed by atoms with E-state index in [1.165, 1.54) is 0 Å². The number of aliphatic hydroxyl groups is 1. The summed E-state index contributed by atoms with van der Waals surface area (Å²) in [5.41, 5.74) is -0.606. The molecule has 0 aliphatic rings. The number of rotatable bonds is 7. The molecule has 0 unspecified atom stereocenters. The van der Waals surface area contributed by atoms with Crippen LogP contribution in [0.5, 0.6) is 0 Å². The van der Waals surface area contributed by atoms with Gasteiger partial charge in [-0.05, 0) is 0 Å². The summed E-state index contributed by atoms with van der Waals surface area (Å²) in [4.78, 5) is 13.0. The number of hydrogen-bond acceptors (Lipinski definition) is 4. The molecule has 1 aromatic carbocycles. The molecule has 1 aromatic rings. The van der Waals surface area contributed by atoms with E-state index >= 15 is 0 Å². The van der Waals surface area contributed by atoms with Gasteiger partial charge in [-0.3, -0.25) is 0 Å². The van der Waals surface area contributed by atoms with E-state index in [4.69, 9.17) is 9.16 Å². The molecule has 0 spiro atoms. The van der Waals surface area contributed by atoms with E-state index in [2.05, 4.69) is 33.9 Å². The molecule has 0 fully saturated rings. The summed E-state index contributed by atoms with van der Waals surface area (Å²) >= 11 is -0.299. The van der Waals surface area contributed by atoms with Crippen molar-refractivity contribution in [3.63, 3.8) is 0 Å². The first-order valence-electron chi connectivity index (χ1n) is 9.38. The van der Waals surface area contributed by atoms with Gasteiger partial charge in [-0.25, -0.2) is 0 Å². The van der Waals surface area contributed by atoms with Crippen molar-refractivity contribution in [2.45, 2.75) is 82.6 Å². The zero-order chi connectivity index (χ0) is 21.1. The first kappa shape index (κ1) is 24.4. The third kappa shape index (κ3) is 7.02. The van der Waals surface area contributed by atoms with Gasteiger partial charge in [0.25, 0.3) is 0 Å². The fourth-order valence-electron chi connectivity index (χ4n) is 2.02. The predicted molar refractivity (Wildman–Crippen MR) is 115 cm³/mol. The summed E-state index contributed by atoms with van der Waals surface area (Å²) in [6, 6.07) is 9.83. The van der Waals surface area contributed by atoms with Crippen LogP contribution in [0.1, 0.15) is 48.5 Å². The number of carbonyl (C=O) groups excluding carboxylic acids is 1. The van der Waals surface area contributed by atoms with Crippen molar-refractivity contribution in [2.75, 3.05) is 6.61 Å². The fourth-order valence-corrected chi connectivity index (χ4v) is 5.36. The Balaban J connectivity index is 3.07. The van der Waals surface area contributed by atoms with Gasteiger partial charge in [0, 0.05) is 0 Å². The van der Waals surface area contributed by atoms with Crippen LogP contribution in [0.15, 0.2) is 30.3 Å². The van der Waals surface area contributed by atoms with Crippen molar-refractivity contribution >= 4 is 33.7 Å². The number of carbonyl (C=O) groups is 1. The minimum absolute atomic E-state index is 0.0413. The third-order valence-electron chi connectivity index (χ3n) is 4.92. The van der Waals surface area contributed by atoms with E-state index in [1.54, 1.807) is 6.92 Å². The Hall–Kier alpha value is -0.654. The molecule has 0 radical (unpaired) electrons. The molecule has 1 rings (SSSR count). The summed E-state index contributed by atoms with van der Waals surface area (Å²) in [5.74, 6) is -0.370. The van der Waals surface area contributed by atoms with Crippen molar-refractivity contribution in [3.8, 4) is 0 Å². The average Bonchev–Trinajstić information content (AvgIpc) is 2.50. The summed E-state index contributed by atoms with van der Waals surface area (Å²) in [6.45, 7) is 18.2. The van der Waals surface area contributed by atoms with Crippen LogP contribution in [-0.2, 0) is 14.0 Å². The van der Waals surface area contributed by atoms with Gasteiger partial charge in [0.1, 0.15) is 0 Å². The molecule has 0 saturated carbocycles. The molecule has 0 amide bonds. The monoisotopic (exact) mass is 460 g/mol. The summed E-state index contributed by atoms with van der Waals surface area (Å²) in [5, 5.41) is 11.1. The second kappa shape index (κ2) is 8.79. The second-order valence-electron chi connectivity index (χ2n) is 9.61. The van der Waals surface area contributed by atoms with Crippen LogP contribution in [-0.4, -0.2) is 52.7 Å². The molecule has 2 atom stereocenters. The van der Waals surface area contributed by atoms with Crippen molar-refractivity contribution < 1.29 is 19.1 Å². The molecule has 0 aliphatic heterocycles. The number of hydrogen-bond donors (Lipinski definition) is 1. The molecule has 0 aliphatic carbocycles. The van der Waals surface area contributed by atoms with Crippen LogP contribution in [0.3, 0.4) is 0 Å². The molecule has 0 aromatic heterocycles. The fraction of sp³-hybridized carbons (Fsp3) is 0.667. The summed E-state index contributed by atoms with van der Waals surface area (Å²) < 4.78 is 11.9. The van der Waals surface area contributed by atoms with Crippen LogP contribution in [0.25, 0.3) is 0 Å². The maximum absolute atomic E-state index is 13.0. The Morgan fingerprint density at radius 3 is 2.04 bits per heavy atom. The number of ether oxygens (including phenoxy) is 1. The molecule has 0 heterocycles. The normalized spacial score (nSPS) is 16.5. The summed E-state index contributed by atoms with van der Waals surface area (Å²) in [7, 11) is -2.03. The van der Waals surface area contributed by atoms with Crippen molar-refractivity contribution in [1.82, 2.24) is 0 Å². The quantitative estimate of drug-likeness (QED) is 0.496. The van der Waals surface area contributed by atoms with Crippen molar-refractivity contribution in [3.05, 3.63) is 30.3 Å². The number of aliphatic hydroxyl groups excluding tert-OH is 1. The van der Waals surface area contributed by atoms with Gasteiger partial charge in [-0.1, -0.05) is 0 Å². The molecule has 4 nitrogen and oxygen atoms in total. The molecule has 154 valence electrons. The van der Waals surface area contributed by atoms with Gasteiger partial charge >= 0.3 is 172 Å². The standard InChI is InChI=1S/C21H36O4SeSi/c1-19(2,3)25-18(23)21(7,26-16-13-11-10-12-14-16)17(22)15-24-27(8,9)20(4,5)6/h10-14,17,22H,15H2,1-9H3/t17-,21-/m0/s1. The Kier molecular flexibility index (Phi) is 7.94. The van der Waals surface area contributed by atoms with Gasteiger partial charge in [-0.15, -0.1) is 0 Å². The van der Waals surface area contributed by atoms with Crippen LogP contribution >= 0.6 is 0 Å². The van der Waals surface area contributed by atoms with Crippen molar-refractivity contribution in [2.24, 2.45) is 0 Å². The van der Waals surface area contributed by atoms with Crippen LogP contribution < -0.4 is 4.46 Å². The molecule has 1 N–H and O–H groups in total. The van der Waals surface area contributed by atoms with E-state index in [9.17, 15) is 9.90 Å². The number of benzene rings is 1. The topological polar surface area (TPSA) is 55.8 Å². The average molecular weight is 460 g/mol. The number of esters is 1. The Bertz CT molecular complexity index is 619. The zero-order valence-corrected chi connectivity index (χ0v) is 21.0. The molecular weight excluding hydrogens is 423 g/mol. The first-order chi connectivity index (χ1) is 12.1. The van der Waals surface area contributed by atoms with E-state index < -0.39 is 24.3 Å². The second-order valence-corrected chi connectivity index (χ2v) is 17.6. The van der Waals surface area contributed by atoms with Gasteiger partial charge in [0.2, 0.25) is 0 Å². The Morgan fingerprint density at radius 1 is 1.07 bits per heavy atom. The first-order valence-corrected chi connectivity index (χ1v) is 14.0. The molecular formula is C21H36O4SeSi. The van der Waals surface area contributed by atoms with Crippen LogP contribution in [0, 0.1) is 0 Å². The van der Waals surface area contributed by atoms with E-state index in [0.717, 1.165) is 4.46 Å². The predicted octanol–water partition coefficient (Wildman–Crippen LogP) is 3.92. The molecule has 0 saturated heterocycles. The minimum atomic E-state index is -2.03. The molecule has 27 heavy (non-hydrogen) atoms. The van der Waals surface area contributed by atoms with Gasteiger partial charge in [-0.2, -0.15) is 0 Å². The van der Waals surface area contributed by atoms with Gasteiger partial charge < -0.3 is 0 Å². The summed E-state index contributed by atoms with van der Waals surface area (Å²) in [6.07, 6.45) is -0.929. The van der Waals surface area contributed by atoms with Gasteiger partial charge in [0.15, 0.2) is 0 Å². The third-order valence-corrected chi connectivity index (χ3v) is 12.3. The van der Waals surface area contributed by atoms with E-state index in [-0.39, 0.29) is 32.6 Å². The van der Waals surface area contributed by atoms with Crippen LogP contribution in [0.2, 0.25) is 22.4 Å². The van der Waals surface area contributed by atoms with Crippen molar-refractivity contribution in [1.29, 1.82) is 0 Å². The molecule has 0 bridgehead atoms. The van der Waals surface area contributed by atoms with Gasteiger partial charge in [0.05, 0.1) is 0 Å². The Labute approximate surface area is 172 Å². The zero-order valence-electron chi connectivity index (χ0n) is 18.3.